The van der Waals surface area contributed by atoms with Gasteiger partial charge in [0.1, 0.15) is 30.7 Å². The van der Waals surface area contributed by atoms with Crippen molar-refractivity contribution in [2.75, 3.05) is 32.7 Å². The quantitative estimate of drug-likeness (QED) is 0.508. The van der Waals surface area contributed by atoms with Crippen molar-refractivity contribution in [3.8, 4) is 0 Å². The molecule has 1 N–H and O–H groups in total. The molecule has 27 heavy (non-hydrogen) atoms. The molecule has 0 amide bonds. The second kappa shape index (κ2) is 8.48. The van der Waals surface area contributed by atoms with Crippen LogP contribution in [0.25, 0.3) is 0 Å². The lowest BCUT2D eigenvalue weighted by molar-refractivity contribution is 0.259. The molecule has 1 fully saturated rings. The Hall–Kier alpha value is -2.47. The first-order valence-corrected chi connectivity index (χ1v) is 10.3. The third-order valence-electron chi connectivity index (χ3n) is 4.26. The first-order chi connectivity index (χ1) is 13.0. The molecule has 148 valence electrons. The van der Waals surface area contributed by atoms with Crippen LogP contribution in [-0.4, -0.2) is 76.2 Å². The third-order valence-corrected chi connectivity index (χ3v) is 6.08. The lowest BCUT2D eigenvalue weighted by Gasteiger charge is -2.35. The Labute approximate surface area is 158 Å². The summed E-state index contributed by atoms with van der Waals surface area (Å²) >= 11 is 0. The molecule has 3 heterocycles. The zero-order valence-electron chi connectivity index (χ0n) is 15.4. The number of nitrogens with one attached hydrogen (secondary N) is 1. The van der Waals surface area contributed by atoms with E-state index in [1.807, 2.05) is 14.0 Å². The second-order valence-corrected chi connectivity index (χ2v) is 8.07. The number of sulfonamides is 1. The van der Waals surface area contributed by atoms with Crippen LogP contribution in [0.3, 0.4) is 0 Å². The average Bonchev–Trinajstić information content (AvgIpc) is 3.30. The fourth-order valence-electron chi connectivity index (χ4n) is 2.80. The fraction of sp³-hybridized carbons (Fsp3) is 0.600. The fourth-order valence-corrected chi connectivity index (χ4v) is 4.23. The van der Waals surface area contributed by atoms with Crippen molar-refractivity contribution < 1.29 is 12.9 Å². The van der Waals surface area contributed by atoms with Gasteiger partial charge in [0.2, 0.25) is 10.0 Å². The monoisotopic (exact) mass is 396 g/mol. The highest BCUT2D eigenvalue weighted by atomic mass is 32.2. The summed E-state index contributed by atoms with van der Waals surface area (Å²) in [4.78, 5) is 10.8. The summed E-state index contributed by atoms with van der Waals surface area (Å²) in [6.45, 7) is 5.04. The summed E-state index contributed by atoms with van der Waals surface area (Å²) in [7, 11) is -1.60. The van der Waals surface area contributed by atoms with Crippen LogP contribution in [0.2, 0.25) is 0 Å². The topological polar surface area (TPSA) is 122 Å². The number of rotatable bonds is 6. The predicted octanol–water partition coefficient (Wildman–Crippen LogP) is -0.584. The summed E-state index contributed by atoms with van der Waals surface area (Å²) in [5.74, 6) is 1.36. The van der Waals surface area contributed by atoms with E-state index < -0.39 is 10.0 Å². The van der Waals surface area contributed by atoms with Crippen LogP contribution in [0.5, 0.6) is 0 Å². The van der Waals surface area contributed by atoms with Gasteiger partial charge in [0.15, 0.2) is 5.96 Å². The minimum atomic E-state index is -3.42. The maximum Gasteiger partial charge on any atom is 0.220 e. The molecule has 3 rings (SSSR count). The number of piperazine rings is 1. The van der Waals surface area contributed by atoms with E-state index in [1.54, 1.807) is 10.7 Å². The Balaban J connectivity index is 1.61. The summed E-state index contributed by atoms with van der Waals surface area (Å²) < 4.78 is 33.0. The molecule has 1 aliphatic heterocycles. The van der Waals surface area contributed by atoms with Gasteiger partial charge in [-0.15, -0.1) is 0 Å². The molecule has 0 atom stereocenters. The van der Waals surface area contributed by atoms with Gasteiger partial charge in [-0.1, -0.05) is 5.16 Å². The molecular weight excluding hydrogens is 372 g/mol. The maximum atomic E-state index is 12.5. The van der Waals surface area contributed by atoms with E-state index in [9.17, 15) is 8.42 Å². The van der Waals surface area contributed by atoms with Gasteiger partial charge < -0.3 is 14.7 Å². The Morgan fingerprint density at radius 3 is 2.70 bits per heavy atom. The number of aromatic nitrogens is 4. The van der Waals surface area contributed by atoms with Crippen LogP contribution >= 0.6 is 0 Å². The van der Waals surface area contributed by atoms with Crippen molar-refractivity contribution in [1.82, 2.24) is 34.4 Å². The molecule has 0 aromatic carbocycles. The number of aryl methyl sites for hydroxylation is 1. The van der Waals surface area contributed by atoms with Gasteiger partial charge in [0, 0.05) is 45.8 Å². The van der Waals surface area contributed by atoms with E-state index in [4.69, 9.17) is 4.52 Å². The SMILES string of the molecule is CCNC(=NCc1ncnn1C)N1CCN(S(=O)(=O)Cc2ccon2)CC1. The smallest absolute Gasteiger partial charge is 0.220 e. The summed E-state index contributed by atoms with van der Waals surface area (Å²) in [5.41, 5.74) is 0.413. The largest absolute Gasteiger partial charge is 0.364 e. The lowest BCUT2D eigenvalue weighted by Crippen LogP contribution is -2.53. The van der Waals surface area contributed by atoms with E-state index in [0.29, 0.717) is 38.4 Å². The second-order valence-electron chi connectivity index (χ2n) is 6.10. The average molecular weight is 396 g/mol. The summed E-state index contributed by atoms with van der Waals surface area (Å²) in [6, 6.07) is 1.57. The first kappa shape index (κ1) is 19.3. The molecule has 0 unspecified atom stereocenters. The molecule has 0 saturated carbocycles. The molecule has 2 aromatic heterocycles. The Kier molecular flexibility index (Phi) is 6.06. The molecule has 11 nitrogen and oxygen atoms in total. The molecule has 1 aliphatic rings. The number of aliphatic imine (C=N–C) groups is 1. The van der Waals surface area contributed by atoms with Crippen molar-refractivity contribution in [2.24, 2.45) is 12.0 Å². The van der Waals surface area contributed by atoms with E-state index >= 15 is 0 Å². The highest BCUT2D eigenvalue weighted by Gasteiger charge is 2.29. The third kappa shape index (κ3) is 4.83. The Morgan fingerprint density at radius 2 is 2.11 bits per heavy atom. The minimum absolute atomic E-state index is 0.149. The van der Waals surface area contributed by atoms with Gasteiger partial charge in [-0.3, -0.25) is 4.68 Å². The van der Waals surface area contributed by atoms with E-state index in [0.717, 1.165) is 18.3 Å². The molecule has 12 heteroatoms. The molecule has 0 spiro atoms. The number of guanidine groups is 1. The Morgan fingerprint density at radius 1 is 1.33 bits per heavy atom. The summed E-state index contributed by atoms with van der Waals surface area (Å²) in [5, 5.41) is 11.0. The molecule has 2 aromatic rings. The Bertz CT molecular complexity index is 854. The molecule has 0 bridgehead atoms. The van der Waals surface area contributed by atoms with E-state index in [2.05, 4.69) is 30.4 Å². The predicted molar refractivity (Wildman–Crippen MR) is 98.1 cm³/mol. The number of nitrogens with zero attached hydrogens (tertiary/aromatic N) is 7. The van der Waals surface area contributed by atoms with Crippen molar-refractivity contribution in [3.05, 3.63) is 30.2 Å². The molecular formula is C15H24N8O3S. The van der Waals surface area contributed by atoms with Crippen molar-refractivity contribution in [1.29, 1.82) is 0 Å². The number of hydrogen-bond donors (Lipinski definition) is 1. The van der Waals surface area contributed by atoms with Crippen LogP contribution in [0.1, 0.15) is 18.4 Å². The number of hydrogen-bond acceptors (Lipinski definition) is 7. The summed E-state index contributed by atoms with van der Waals surface area (Å²) in [6.07, 6.45) is 2.87. The van der Waals surface area contributed by atoms with Gasteiger partial charge in [-0.2, -0.15) is 9.40 Å². The van der Waals surface area contributed by atoms with Crippen molar-refractivity contribution in [2.45, 2.75) is 19.2 Å². The van der Waals surface area contributed by atoms with Crippen molar-refractivity contribution in [3.63, 3.8) is 0 Å². The zero-order valence-corrected chi connectivity index (χ0v) is 16.3. The standard InChI is InChI=1S/C15H24N8O3S/c1-3-16-15(17-10-14-18-12-19-21(14)2)22-5-7-23(8-6-22)27(24,25)11-13-4-9-26-20-13/h4,9,12H,3,5-8,10-11H2,1-2H3,(H,16,17). The van der Waals surface area contributed by atoms with Gasteiger partial charge in [0.05, 0.1) is 5.69 Å². The zero-order chi connectivity index (χ0) is 19.3. The van der Waals surface area contributed by atoms with E-state index in [1.165, 1.54) is 16.9 Å². The maximum absolute atomic E-state index is 12.5. The first-order valence-electron chi connectivity index (χ1n) is 8.73. The molecule has 0 aliphatic carbocycles. The minimum Gasteiger partial charge on any atom is -0.364 e. The van der Waals surface area contributed by atoms with E-state index in [-0.39, 0.29) is 5.75 Å². The normalized spacial score (nSPS) is 16.7. The van der Waals surface area contributed by atoms with Crippen LogP contribution in [0, 0.1) is 0 Å². The van der Waals surface area contributed by atoms with Crippen LogP contribution in [-0.2, 0) is 29.4 Å². The van der Waals surface area contributed by atoms with Gasteiger partial charge in [-0.25, -0.2) is 18.4 Å². The van der Waals surface area contributed by atoms with Gasteiger partial charge in [-0.05, 0) is 6.92 Å². The highest BCUT2D eigenvalue weighted by molar-refractivity contribution is 7.88. The van der Waals surface area contributed by atoms with Crippen LogP contribution in [0.15, 0.2) is 28.2 Å². The van der Waals surface area contributed by atoms with Gasteiger partial charge in [0.25, 0.3) is 0 Å². The lowest BCUT2D eigenvalue weighted by atomic mass is 10.4. The molecule has 0 radical (unpaired) electrons. The molecule has 1 saturated heterocycles. The van der Waals surface area contributed by atoms with Crippen molar-refractivity contribution >= 4 is 16.0 Å². The van der Waals surface area contributed by atoms with Crippen LogP contribution in [0.4, 0.5) is 0 Å². The van der Waals surface area contributed by atoms with Crippen LogP contribution < -0.4 is 5.32 Å². The van der Waals surface area contributed by atoms with Gasteiger partial charge >= 0.3 is 0 Å². The highest BCUT2D eigenvalue weighted by Crippen LogP contribution is 2.13.